The molecule has 4 aromatic rings. The van der Waals surface area contributed by atoms with Crippen LogP contribution in [0, 0.1) is 5.92 Å². The number of nitrogens with two attached hydrogens (primary N) is 1. The third kappa shape index (κ3) is 8.46. The van der Waals surface area contributed by atoms with Crippen LogP contribution in [0.25, 0.3) is 22.4 Å². The summed E-state index contributed by atoms with van der Waals surface area (Å²) in [7, 11) is 1.70. The van der Waals surface area contributed by atoms with Crippen molar-refractivity contribution in [2.75, 3.05) is 31.6 Å². The number of benzene rings is 3. The molecule has 0 saturated heterocycles. The molecular weight excluding hydrogens is 558 g/mol. The van der Waals surface area contributed by atoms with Crippen molar-refractivity contribution in [3.63, 3.8) is 0 Å². The number of carbonyl (C=O) groups excluding carboxylic acids is 1. The first kappa shape index (κ1) is 32.6. The van der Waals surface area contributed by atoms with Crippen molar-refractivity contribution in [1.29, 1.82) is 0 Å². The number of amides is 1. The summed E-state index contributed by atoms with van der Waals surface area (Å²) in [6.07, 6.45) is 9.83. The summed E-state index contributed by atoms with van der Waals surface area (Å²) in [5, 5.41) is 3.70. The Labute approximate surface area is 269 Å². The first-order valence-corrected chi connectivity index (χ1v) is 17.0. The summed E-state index contributed by atoms with van der Waals surface area (Å²) in [5.74, 6) is 2.20. The van der Waals surface area contributed by atoms with E-state index in [9.17, 15) is 4.79 Å². The Morgan fingerprint density at radius 3 is 2.36 bits per heavy atom. The smallest absolute Gasteiger partial charge is 0.219 e. The molecule has 240 valence electrons. The van der Waals surface area contributed by atoms with E-state index in [4.69, 9.17) is 15.5 Å². The molecule has 7 heteroatoms. The van der Waals surface area contributed by atoms with Crippen molar-refractivity contribution >= 4 is 22.6 Å². The molecule has 0 bridgehead atoms. The zero-order chi connectivity index (χ0) is 31.6. The maximum absolute atomic E-state index is 12.1. The maximum Gasteiger partial charge on any atom is 0.219 e. The molecule has 1 aliphatic carbocycles. The number of hydrogen-bond donors (Lipinski definition) is 2. The van der Waals surface area contributed by atoms with Gasteiger partial charge in [0.2, 0.25) is 5.91 Å². The van der Waals surface area contributed by atoms with Crippen LogP contribution in [0.4, 0.5) is 5.69 Å². The zero-order valence-corrected chi connectivity index (χ0v) is 27.4. The number of nitrogens with zero attached hydrogens (tertiary/aromatic N) is 3. The quantitative estimate of drug-likeness (QED) is 0.136. The van der Waals surface area contributed by atoms with Gasteiger partial charge in [0.25, 0.3) is 0 Å². The Morgan fingerprint density at radius 1 is 1.00 bits per heavy atom. The minimum absolute atomic E-state index is 0.121. The molecule has 1 amide bonds. The highest BCUT2D eigenvalue weighted by molar-refractivity contribution is 5.82. The second kappa shape index (κ2) is 15.9. The van der Waals surface area contributed by atoms with Gasteiger partial charge in [-0.3, -0.25) is 4.79 Å². The molecule has 3 aromatic carbocycles. The largest absolute Gasteiger partial charge is 0.497 e. The molecule has 5 rings (SSSR count). The number of anilines is 1. The van der Waals surface area contributed by atoms with Crippen LogP contribution >= 0.6 is 0 Å². The SMILES string of the molecule is CCCN(CCC)c1ccc(-c2nc3cc(C(CC(N)=O)NCC4CCCCC4)ccc3n2CCc2ccc(OC)cc2)cc1. The lowest BCUT2D eigenvalue weighted by Crippen LogP contribution is -2.31. The van der Waals surface area contributed by atoms with Gasteiger partial charge < -0.3 is 25.3 Å². The van der Waals surface area contributed by atoms with Crippen LogP contribution < -0.4 is 20.7 Å². The van der Waals surface area contributed by atoms with Gasteiger partial charge in [-0.05, 0) is 104 Å². The van der Waals surface area contributed by atoms with E-state index in [0.717, 1.165) is 79.2 Å². The number of fused-ring (bicyclic) bond motifs is 1. The average molecular weight is 610 g/mol. The summed E-state index contributed by atoms with van der Waals surface area (Å²) in [5.41, 5.74) is 12.4. The molecule has 1 heterocycles. The van der Waals surface area contributed by atoms with Gasteiger partial charge in [-0.1, -0.05) is 51.3 Å². The molecule has 3 N–H and O–H groups in total. The maximum atomic E-state index is 12.1. The molecule has 1 saturated carbocycles. The highest BCUT2D eigenvalue weighted by Gasteiger charge is 2.21. The number of aryl methyl sites for hydroxylation is 2. The van der Waals surface area contributed by atoms with Crippen LogP contribution in [0.1, 0.15) is 82.4 Å². The van der Waals surface area contributed by atoms with Gasteiger partial charge in [0.05, 0.1) is 18.1 Å². The fourth-order valence-electron chi connectivity index (χ4n) is 6.78. The van der Waals surface area contributed by atoms with Crippen LogP contribution in [0.3, 0.4) is 0 Å². The average Bonchev–Trinajstić information content (AvgIpc) is 3.44. The molecule has 1 aliphatic rings. The van der Waals surface area contributed by atoms with Crippen LogP contribution in [-0.4, -0.2) is 42.2 Å². The highest BCUT2D eigenvalue weighted by atomic mass is 16.5. The van der Waals surface area contributed by atoms with Gasteiger partial charge in [0, 0.05) is 43.3 Å². The Kier molecular flexibility index (Phi) is 11.5. The summed E-state index contributed by atoms with van der Waals surface area (Å²) in [6.45, 7) is 8.28. The van der Waals surface area contributed by atoms with E-state index in [0.29, 0.717) is 5.92 Å². The number of aromatic nitrogens is 2. The lowest BCUT2D eigenvalue weighted by molar-refractivity contribution is -0.118. The number of imidazole rings is 1. The second-order valence-corrected chi connectivity index (χ2v) is 12.6. The summed E-state index contributed by atoms with van der Waals surface area (Å²) >= 11 is 0. The van der Waals surface area contributed by atoms with E-state index in [1.54, 1.807) is 7.11 Å². The van der Waals surface area contributed by atoms with E-state index in [1.165, 1.54) is 43.4 Å². The van der Waals surface area contributed by atoms with Crippen molar-refractivity contribution < 1.29 is 9.53 Å². The fraction of sp³-hybridized carbons (Fsp3) is 0.474. The Bertz CT molecular complexity index is 1500. The number of nitrogens with one attached hydrogen (secondary N) is 1. The lowest BCUT2D eigenvalue weighted by Gasteiger charge is -2.25. The summed E-state index contributed by atoms with van der Waals surface area (Å²) < 4.78 is 7.70. The monoisotopic (exact) mass is 609 g/mol. The molecular formula is C38H51N5O2. The molecule has 1 atom stereocenters. The van der Waals surface area contributed by atoms with Gasteiger partial charge in [-0.15, -0.1) is 0 Å². The van der Waals surface area contributed by atoms with Gasteiger partial charge >= 0.3 is 0 Å². The highest BCUT2D eigenvalue weighted by Crippen LogP contribution is 2.31. The molecule has 0 spiro atoms. The number of ether oxygens (including phenoxy) is 1. The standard InChI is InChI=1S/C38H51N5O2/c1-4-22-42(23-5-2)32-16-13-30(14-17-32)38-41-35-25-31(34(26-37(39)44)40-27-29-9-7-6-8-10-29)15-20-36(35)43(38)24-21-28-11-18-33(45-3)19-12-28/h11-20,25,29,34,40H,4-10,21-24,26-27H2,1-3H3,(H2,39,44). The summed E-state index contributed by atoms with van der Waals surface area (Å²) in [4.78, 5) is 19.8. The van der Waals surface area contributed by atoms with E-state index >= 15 is 0 Å². The molecule has 1 fully saturated rings. The second-order valence-electron chi connectivity index (χ2n) is 12.6. The van der Waals surface area contributed by atoms with E-state index in [2.05, 4.69) is 83.2 Å². The Morgan fingerprint density at radius 2 is 1.71 bits per heavy atom. The minimum atomic E-state index is -0.290. The molecule has 45 heavy (non-hydrogen) atoms. The minimum Gasteiger partial charge on any atom is -0.497 e. The molecule has 7 nitrogen and oxygen atoms in total. The van der Waals surface area contributed by atoms with Crippen molar-refractivity contribution in [1.82, 2.24) is 14.9 Å². The first-order valence-electron chi connectivity index (χ1n) is 17.0. The first-order chi connectivity index (χ1) is 22.0. The number of primary amides is 1. The van der Waals surface area contributed by atoms with Crippen LogP contribution in [0.15, 0.2) is 66.7 Å². The normalized spacial score (nSPS) is 14.5. The van der Waals surface area contributed by atoms with Crippen molar-refractivity contribution in [2.45, 2.75) is 84.2 Å². The third-order valence-electron chi connectivity index (χ3n) is 9.22. The van der Waals surface area contributed by atoms with E-state index in [-0.39, 0.29) is 18.4 Å². The number of hydrogen-bond acceptors (Lipinski definition) is 5. The third-order valence-corrected chi connectivity index (χ3v) is 9.22. The van der Waals surface area contributed by atoms with Gasteiger partial charge in [0.15, 0.2) is 0 Å². The van der Waals surface area contributed by atoms with Gasteiger partial charge in [0.1, 0.15) is 11.6 Å². The van der Waals surface area contributed by atoms with Gasteiger partial charge in [-0.25, -0.2) is 4.98 Å². The van der Waals surface area contributed by atoms with Crippen molar-refractivity contribution in [3.8, 4) is 17.1 Å². The van der Waals surface area contributed by atoms with Crippen molar-refractivity contribution in [2.24, 2.45) is 11.7 Å². The van der Waals surface area contributed by atoms with Gasteiger partial charge in [-0.2, -0.15) is 0 Å². The zero-order valence-electron chi connectivity index (χ0n) is 27.4. The molecule has 1 aromatic heterocycles. The number of methoxy groups -OCH3 is 1. The molecule has 1 unspecified atom stereocenters. The lowest BCUT2D eigenvalue weighted by atomic mass is 9.89. The van der Waals surface area contributed by atoms with Crippen molar-refractivity contribution in [3.05, 3.63) is 77.9 Å². The molecule has 0 aliphatic heterocycles. The van der Waals surface area contributed by atoms with Crippen LogP contribution in [-0.2, 0) is 17.8 Å². The summed E-state index contributed by atoms with van der Waals surface area (Å²) in [6, 6.07) is 23.5. The topological polar surface area (TPSA) is 85.4 Å². The van der Waals surface area contributed by atoms with E-state index < -0.39 is 0 Å². The van der Waals surface area contributed by atoms with E-state index in [1.807, 2.05) is 12.1 Å². The van der Waals surface area contributed by atoms with Crippen LogP contribution in [0.2, 0.25) is 0 Å². The Hall–Kier alpha value is -3.84. The predicted octanol–water partition coefficient (Wildman–Crippen LogP) is 7.67. The molecule has 0 radical (unpaired) electrons. The Balaban J connectivity index is 1.47. The number of carbonyl (C=O) groups is 1. The predicted molar refractivity (Wildman–Crippen MR) is 186 cm³/mol. The number of rotatable bonds is 16. The van der Waals surface area contributed by atoms with Crippen LogP contribution in [0.5, 0.6) is 5.75 Å². The fourth-order valence-corrected chi connectivity index (χ4v) is 6.78.